The number of carbonyl (C=O) groups excluding carboxylic acids is 2. The highest BCUT2D eigenvalue weighted by Crippen LogP contribution is 2.41. The van der Waals surface area contributed by atoms with E-state index in [1.54, 1.807) is 13.8 Å². The van der Waals surface area contributed by atoms with Crippen molar-refractivity contribution in [2.24, 2.45) is 0 Å². The minimum absolute atomic E-state index is 0.0687. The predicted octanol–water partition coefficient (Wildman–Crippen LogP) is 5.08. The third-order valence-electron chi connectivity index (χ3n) is 6.32. The van der Waals surface area contributed by atoms with Gasteiger partial charge in [0.2, 0.25) is 5.91 Å². The van der Waals surface area contributed by atoms with E-state index in [1.165, 1.54) is 41.0 Å². The van der Waals surface area contributed by atoms with Gasteiger partial charge in [-0.15, -0.1) is 0 Å². The van der Waals surface area contributed by atoms with Crippen LogP contribution in [0.5, 0.6) is 0 Å². The van der Waals surface area contributed by atoms with Crippen LogP contribution in [0.15, 0.2) is 46.2 Å². The first kappa shape index (κ1) is 26.9. The Morgan fingerprint density at radius 2 is 1.92 bits per heavy atom. The number of alkyl halides is 3. The van der Waals surface area contributed by atoms with Gasteiger partial charge in [0.15, 0.2) is 11.4 Å². The molecule has 37 heavy (non-hydrogen) atoms. The van der Waals surface area contributed by atoms with Gasteiger partial charge in [0.1, 0.15) is 12.4 Å². The Hall–Kier alpha value is -3.12. The summed E-state index contributed by atoms with van der Waals surface area (Å²) >= 11 is 0.969. The second-order valence-electron chi connectivity index (χ2n) is 8.70. The summed E-state index contributed by atoms with van der Waals surface area (Å²) in [5, 5.41) is 10.4. The van der Waals surface area contributed by atoms with Crippen LogP contribution in [0.3, 0.4) is 0 Å². The van der Waals surface area contributed by atoms with Crippen molar-refractivity contribution in [3.63, 3.8) is 0 Å². The summed E-state index contributed by atoms with van der Waals surface area (Å²) in [7, 11) is 0. The largest absolute Gasteiger partial charge is 0.462 e. The number of rotatable bonds is 6. The summed E-state index contributed by atoms with van der Waals surface area (Å²) in [6.07, 6.45) is -5.52. The third kappa shape index (κ3) is 5.04. The number of nitrogens with zero attached hydrogens (tertiary/aromatic N) is 2. The Morgan fingerprint density at radius 3 is 2.57 bits per heavy atom. The molecule has 1 amide bonds. The number of halogens is 5. The van der Waals surface area contributed by atoms with Gasteiger partial charge in [0.05, 0.1) is 24.2 Å². The quantitative estimate of drug-likeness (QED) is 0.348. The molecule has 0 aliphatic carbocycles. The van der Waals surface area contributed by atoms with Crippen LogP contribution in [0, 0.1) is 18.6 Å². The number of benzene rings is 2. The van der Waals surface area contributed by atoms with Crippen LogP contribution in [0.2, 0.25) is 0 Å². The minimum Gasteiger partial charge on any atom is -0.462 e. The van der Waals surface area contributed by atoms with Gasteiger partial charge in [-0.2, -0.15) is 13.2 Å². The average molecular weight is 543 g/mol. The average Bonchev–Trinajstić information content (AvgIpc) is 3.35. The topological polar surface area (TPSA) is 71.8 Å². The molecule has 2 aromatic carbocycles. The second kappa shape index (κ2) is 9.97. The number of esters is 1. The molecule has 1 atom stereocenters. The molecule has 0 bridgehead atoms. The first-order chi connectivity index (χ1) is 17.4. The maximum atomic E-state index is 15.2. The predicted molar refractivity (Wildman–Crippen MR) is 125 cm³/mol. The van der Waals surface area contributed by atoms with Crippen molar-refractivity contribution in [2.75, 3.05) is 19.7 Å². The monoisotopic (exact) mass is 542 g/mol. The highest BCUT2D eigenvalue weighted by molar-refractivity contribution is 7.99. The van der Waals surface area contributed by atoms with Crippen LogP contribution in [-0.4, -0.2) is 57.9 Å². The summed E-state index contributed by atoms with van der Waals surface area (Å²) < 4.78 is 75.2. The molecular formula is C25H23F5N2O4S. The number of amides is 1. The molecule has 0 saturated carbocycles. The van der Waals surface area contributed by atoms with E-state index in [2.05, 4.69) is 0 Å². The summed E-state index contributed by atoms with van der Waals surface area (Å²) in [5.41, 5.74) is -2.49. The third-order valence-corrected chi connectivity index (χ3v) is 7.58. The van der Waals surface area contributed by atoms with Gasteiger partial charge >= 0.3 is 12.1 Å². The molecule has 1 aliphatic rings. The van der Waals surface area contributed by atoms with Crippen molar-refractivity contribution in [3.8, 4) is 0 Å². The molecule has 198 valence electrons. The van der Waals surface area contributed by atoms with E-state index in [0.717, 1.165) is 16.7 Å². The van der Waals surface area contributed by atoms with Crippen LogP contribution in [0.25, 0.3) is 10.9 Å². The van der Waals surface area contributed by atoms with Gasteiger partial charge in [-0.1, -0.05) is 17.8 Å². The first-order valence-electron chi connectivity index (χ1n) is 11.3. The number of carbonyl (C=O) groups is 2. The SMILES string of the molecule is CCOC(=O)c1cccc(Sc2c(C)n(CC(=O)N3CCC(O)(C(F)(F)F)C3)c3cc(F)ccc23)c1F. The number of ether oxygens (including phenoxy) is 1. The molecule has 3 aromatic rings. The van der Waals surface area contributed by atoms with Gasteiger partial charge in [0, 0.05) is 33.8 Å². The Bertz CT molecular complexity index is 1370. The highest BCUT2D eigenvalue weighted by Gasteiger charge is 2.57. The van der Waals surface area contributed by atoms with Crippen molar-refractivity contribution in [3.05, 3.63) is 59.3 Å². The van der Waals surface area contributed by atoms with Gasteiger partial charge in [0.25, 0.3) is 0 Å². The van der Waals surface area contributed by atoms with E-state index < -0.39 is 54.8 Å². The normalized spacial score (nSPS) is 18.0. The number of hydrogen-bond acceptors (Lipinski definition) is 5. The molecule has 1 aliphatic heterocycles. The fourth-order valence-electron chi connectivity index (χ4n) is 4.29. The fraction of sp³-hybridized carbons (Fsp3) is 0.360. The molecule has 1 aromatic heterocycles. The van der Waals surface area contributed by atoms with Gasteiger partial charge in [-0.25, -0.2) is 13.6 Å². The molecular weight excluding hydrogens is 519 g/mol. The van der Waals surface area contributed by atoms with Gasteiger partial charge < -0.3 is 19.3 Å². The Kier molecular flexibility index (Phi) is 7.26. The van der Waals surface area contributed by atoms with Crippen molar-refractivity contribution >= 4 is 34.5 Å². The molecule has 1 fully saturated rings. The van der Waals surface area contributed by atoms with E-state index in [9.17, 15) is 32.3 Å². The zero-order valence-corrected chi connectivity index (χ0v) is 20.7. The van der Waals surface area contributed by atoms with Crippen molar-refractivity contribution in [1.82, 2.24) is 9.47 Å². The van der Waals surface area contributed by atoms with Gasteiger partial charge in [-0.05, 0) is 44.2 Å². The molecule has 12 heteroatoms. The molecule has 0 spiro atoms. The number of aromatic nitrogens is 1. The zero-order valence-electron chi connectivity index (χ0n) is 19.9. The maximum absolute atomic E-state index is 15.2. The first-order valence-corrected chi connectivity index (χ1v) is 12.2. The summed E-state index contributed by atoms with van der Waals surface area (Å²) in [5.74, 6) is -2.90. The lowest BCUT2D eigenvalue weighted by Crippen LogP contribution is -2.48. The lowest BCUT2D eigenvalue weighted by atomic mass is 10.0. The summed E-state index contributed by atoms with van der Waals surface area (Å²) in [4.78, 5) is 26.5. The van der Waals surface area contributed by atoms with E-state index in [4.69, 9.17) is 4.74 Å². The van der Waals surface area contributed by atoms with E-state index in [0.29, 0.717) is 21.5 Å². The molecule has 1 N–H and O–H groups in total. The molecule has 1 saturated heterocycles. The zero-order chi connectivity index (χ0) is 27.1. The number of β-amino-alcohol motifs (C(OH)–C–C–N with tert-alkyl or cyclic N) is 1. The van der Waals surface area contributed by atoms with Crippen molar-refractivity contribution in [2.45, 2.75) is 48.4 Å². The molecule has 0 radical (unpaired) electrons. The molecule has 2 heterocycles. The molecule has 4 rings (SSSR count). The number of likely N-dealkylation sites (tertiary alicyclic amines) is 1. The highest BCUT2D eigenvalue weighted by atomic mass is 32.2. The van der Waals surface area contributed by atoms with Crippen molar-refractivity contribution in [1.29, 1.82) is 0 Å². The standard InChI is InChI=1S/C25H23F5N2O4S/c1-3-36-23(34)17-5-4-6-19(21(17)27)37-22-14(2)32(18-11-15(26)7-8-16(18)22)12-20(33)31-10-9-24(35,13-31)25(28,29)30/h4-8,11,35H,3,9-10,12-13H2,1-2H3. The maximum Gasteiger partial charge on any atom is 0.419 e. The van der Waals surface area contributed by atoms with Crippen molar-refractivity contribution < 1.29 is 41.4 Å². The van der Waals surface area contributed by atoms with E-state index in [1.807, 2.05) is 0 Å². The van der Waals surface area contributed by atoms with Gasteiger partial charge in [-0.3, -0.25) is 4.79 Å². The Morgan fingerprint density at radius 1 is 1.19 bits per heavy atom. The Labute approximate surface area is 213 Å². The lowest BCUT2D eigenvalue weighted by molar-refractivity contribution is -0.253. The van der Waals surface area contributed by atoms with Crippen LogP contribution in [0.1, 0.15) is 29.4 Å². The summed E-state index contributed by atoms with van der Waals surface area (Å²) in [6, 6.07) is 8.09. The van der Waals surface area contributed by atoms with E-state index in [-0.39, 0.29) is 23.6 Å². The van der Waals surface area contributed by atoms with Crippen LogP contribution >= 0.6 is 11.8 Å². The molecule has 1 unspecified atom stereocenters. The smallest absolute Gasteiger partial charge is 0.419 e. The van der Waals surface area contributed by atoms with Crippen LogP contribution in [-0.2, 0) is 16.1 Å². The van der Waals surface area contributed by atoms with Crippen LogP contribution < -0.4 is 0 Å². The minimum atomic E-state index is -4.88. The van der Waals surface area contributed by atoms with E-state index >= 15 is 4.39 Å². The second-order valence-corrected chi connectivity index (χ2v) is 9.75. The number of fused-ring (bicyclic) bond motifs is 1. The summed E-state index contributed by atoms with van der Waals surface area (Å²) in [6.45, 7) is 1.70. The lowest BCUT2D eigenvalue weighted by Gasteiger charge is -2.26. The number of aliphatic hydroxyl groups is 1. The molecule has 6 nitrogen and oxygen atoms in total. The van der Waals surface area contributed by atoms with Crippen LogP contribution in [0.4, 0.5) is 22.0 Å². The fourth-order valence-corrected chi connectivity index (χ4v) is 5.40. The number of hydrogen-bond donors (Lipinski definition) is 1. The Balaban J connectivity index is 1.68.